The van der Waals surface area contributed by atoms with E-state index in [-0.39, 0.29) is 11.3 Å². The maximum absolute atomic E-state index is 6.10. The summed E-state index contributed by atoms with van der Waals surface area (Å²) in [4.78, 5) is 1.10. The third-order valence-electron chi connectivity index (χ3n) is 3.28. The zero-order valence-electron chi connectivity index (χ0n) is 12.0. The van der Waals surface area contributed by atoms with Crippen molar-refractivity contribution in [1.82, 2.24) is 0 Å². The summed E-state index contributed by atoms with van der Waals surface area (Å²) in [7, 11) is 0. The minimum Gasteiger partial charge on any atom is -0.490 e. The molecule has 0 radical (unpaired) electrons. The van der Waals surface area contributed by atoms with E-state index in [0.29, 0.717) is 13.2 Å². The van der Waals surface area contributed by atoms with Gasteiger partial charge < -0.3 is 19.6 Å². The molecule has 1 aliphatic heterocycles. The zero-order valence-corrected chi connectivity index (χ0v) is 12.8. The fraction of sp³-hybridized carbons (Fsp3) is 0.375. The molecule has 2 unspecified atom stereocenters. The molecule has 21 heavy (non-hydrogen) atoms. The van der Waals surface area contributed by atoms with Gasteiger partial charge >= 0.3 is 0 Å². The van der Waals surface area contributed by atoms with E-state index in [1.54, 1.807) is 18.0 Å². The van der Waals surface area contributed by atoms with Gasteiger partial charge in [0.05, 0.1) is 24.7 Å². The van der Waals surface area contributed by atoms with Gasteiger partial charge in [-0.05, 0) is 37.3 Å². The summed E-state index contributed by atoms with van der Waals surface area (Å²) >= 11 is 1.68. The standard InChI is InChI=1S/C16H19NO3S/c1-11(17)16(14-4-2-7-19-14)21-12-5-6-13-15(10-12)20-9-3-8-18-13/h2,4-7,10-11,16H,3,8-9,17H2,1H3. The van der Waals surface area contributed by atoms with Crippen molar-refractivity contribution < 1.29 is 13.9 Å². The van der Waals surface area contributed by atoms with Gasteiger partial charge in [0, 0.05) is 17.4 Å². The van der Waals surface area contributed by atoms with Crippen LogP contribution in [0.25, 0.3) is 0 Å². The van der Waals surface area contributed by atoms with Crippen molar-refractivity contribution in [3.63, 3.8) is 0 Å². The Hall–Kier alpha value is -1.59. The lowest BCUT2D eigenvalue weighted by Gasteiger charge is -2.18. The molecule has 2 aromatic rings. The van der Waals surface area contributed by atoms with Crippen LogP contribution in [0.4, 0.5) is 0 Å². The summed E-state index contributed by atoms with van der Waals surface area (Å²) in [5.74, 6) is 2.51. The van der Waals surface area contributed by atoms with Crippen LogP contribution in [0.3, 0.4) is 0 Å². The minimum atomic E-state index is -0.0165. The van der Waals surface area contributed by atoms with Crippen molar-refractivity contribution in [2.75, 3.05) is 13.2 Å². The highest BCUT2D eigenvalue weighted by Crippen LogP contribution is 2.41. The van der Waals surface area contributed by atoms with Gasteiger partial charge in [-0.1, -0.05) is 0 Å². The Balaban J connectivity index is 1.82. The fourth-order valence-corrected chi connectivity index (χ4v) is 3.32. The zero-order chi connectivity index (χ0) is 14.7. The smallest absolute Gasteiger partial charge is 0.162 e. The Morgan fingerprint density at radius 3 is 2.67 bits per heavy atom. The van der Waals surface area contributed by atoms with E-state index in [1.807, 2.05) is 37.3 Å². The van der Waals surface area contributed by atoms with Gasteiger partial charge in [-0.2, -0.15) is 0 Å². The molecule has 3 rings (SSSR count). The molecule has 1 aromatic heterocycles. The molecule has 112 valence electrons. The third kappa shape index (κ3) is 3.36. The van der Waals surface area contributed by atoms with Crippen LogP contribution in [0, 0.1) is 0 Å². The van der Waals surface area contributed by atoms with Crippen LogP contribution >= 0.6 is 11.8 Å². The molecule has 4 nitrogen and oxygen atoms in total. The summed E-state index contributed by atoms with van der Waals surface area (Å²) in [5.41, 5.74) is 6.10. The summed E-state index contributed by atoms with van der Waals surface area (Å²) in [6.07, 6.45) is 2.59. The lowest BCUT2D eigenvalue weighted by molar-refractivity contribution is 0.297. The summed E-state index contributed by atoms with van der Waals surface area (Å²) in [6.45, 7) is 3.38. The van der Waals surface area contributed by atoms with E-state index in [0.717, 1.165) is 28.6 Å². The van der Waals surface area contributed by atoms with Crippen LogP contribution in [0.1, 0.15) is 24.4 Å². The number of hydrogen-bond acceptors (Lipinski definition) is 5. The molecule has 2 N–H and O–H groups in total. The average molecular weight is 305 g/mol. The molecule has 0 spiro atoms. The minimum absolute atomic E-state index is 0.0165. The van der Waals surface area contributed by atoms with Crippen molar-refractivity contribution in [2.24, 2.45) is 5.73 Å². The van der Waals surface area contributed by atoms with E-state index in [4.69, 9.17) is 19.6 Å². The van der Waals surface area contributed by atoms with Crippen molar-refractivity contribution in [2.45, 2.75) is 29.5 Å². The molecule has 0 fully saturated rings. The SMILES string of the molecule is CC(N)C(Sc1ccc2c(c1)OCCCO2)c1ccco1. The number of nitrogens with two attached hydrogens (primary N) is 1. The van der Waals surface area contributed by atoms with Crippen LogP contribution in [0.15, 0.2) is 45.9 Å². The van der Waals surface area contributed by atoms with E-state index in [9.17, 15) is 0 Å². The summed E-state index contributed by atoms with van der Waals surface area (Å²) < 4.78 is 16.9. The fourth-order valence-electron chi connectivity index (χ4n) is 2.24. The highest BCUT2D eigenvalue weighted by Gasteiger charge is 2.21. The molecule has 1 aliphatic rings. The van der Waals surface area contributed by atoms with Gasteiger partial charge in [0.25, 0.3) is 0 Å². The highest BCUT2D eigenvalue weighted by molar-refractivity contribution is 7.99. The van der Waals surface area contributed by atoms with Crippen LogP contribution in [-0.2, 0) is 0 Å². The third-order valence-corrected chi connectivity index (χ3v) is 4.72. The number of fused-ring (bicyclic) bond motifs is 1. The quantitative estimate of drug-likeness (QED) is 0.874. The first-order chi connectivity index (χ1) is 10.2. The van der Waals surface area contributed by atoms with Gasteiger partial charge in [0.15, 0.2) is 11.5 Å². The molecule has 0 saturated heterocycles. The van der Waals surface area contributed by atoms with Crippen LogP contribution in [0.2, 0.25) is 0 Å². The maximum Gasteiger partial charge on any atom is 0.162 e. The Morgan fingerprint density at radius 1 is 1.14 bits per heavy atom. The molecule has 0 saturated carbocycles. The topological polar surface area (TPSA) is 57.6 Å². The Bertz CT molecular complexity index is 583. The van der Waals surface area contributed by atoms with Crippen molar-refractivity contribution in [3.05, 3.63) is 42.4 Å². The second kappa shape index (κ2) is 6.45. The molecule has 2 atom stereocenters. The highest BCUT2D eigenvalue weighted by atomic mass is 32.2. The van der Waals surface area contributed by atoms with E-state index in [2.05, 4.69) is 0 Å². The van der Waals surface area contributed by atoms with E-state index < -0.39 is 0 Å². The Labute approximate surface area is 128 Å². The van der Waals surface area contributed by atoms with E-state index in [1.165, 1.54) is 0 Å². The molecule has 5 heteroatoms. The van der Waals surface area contributed by atoms with Crippen molar-refractivity contribution >= 4 is 11.8 Å². The number of ether oxygens (including phenoxy) is 2. The molecule has 0 aliphatic carbocycles. The lowest BCUT2D eigenvalue weighted by Crippen LogP contribution is -2.22. The average Bonchev–Trinajstić information content (AvgIpc) is 2.89. The predicted molar refractivity (Wildman–Crippen MR) is 83.0 cm³/mol. The normalized spacial score (nSPS) is 17.0. The van der Waals surface area contributed by atoms with Crippen LogP contribution in [-0.4, -0.2) is 19.3 Å². The number of hydrogen-bond donors (Lipinski definition) is 1. The lowest BCUT2D eigenvalue weighted by atomic mass is 10.2. The monoisotopic (exact) mass is 305 g/mol. The molecule has 0 amide bonds. The number of thioether (sulfide) groups is 1. The number of rotatable bonds is 4. The van der Waals surface area contributed by atoms with Crippen molar-refractivity contribution in [1.29, 1.82) is 0 Å². The molecule has 1 aromatic carbocycles. The molecule has 2 heterocycles. The Kier molecular flexibility index (Phi) is 4.41. The Morgan fingerprint density at radius 2 is 1.95 bits per heavy atom. The van der Waals surface area contributed by atoms with Gasteiger partial charge in [-0.25, -0.2) is 0 Å². The summed E-state index contributed by atoms with van der Waals surface area (Å²) in [5, 5.41) is 0.0738. The number of benzene rings is 1. The second-order valence-corrected chi connectivity index (χ2v) is 6.29. The first-order valence-electron chi connectivity index (χ1n) is 7.09. The predicted octanol–water partition coefficient (Wildman–Crippen LogP) is 3.62. The van der Waals surface area contributed by atoms with Gasteiger partial charge in [-0.15, -0.1) is 11.8 Å². The summed E-state index contributed by atoms with van der Waals surface area (Å²) in [6, 6.07) is 9.85. The second-order valence-electron chi connectivity index (χ2n) is 5.07. The van der Waals surface area contributed by atoms with E-state index >= 15 is 0 Å². The molecular weight excluding hydrogens is 286 g/mol. The first-order valence-corrected chi connectivity index (χ1v) is 7.97. The largest absolute Gasteiger partial charge is 0.490 e. The van der Waals surface area contributed by atoms with Gasteiger partial charge in [0.1, 0.15) is 5.76 Å². The first kappa shape index (κ1) is 14.4. The van der Waals surface area contributed by atoms with Gasteiger partial charge in [-0.3, -0.25) is 0 Å². The maximum atomic E-state index is 6.10. The van der Waals surface area contributed by atoms with Crippen molar-refractivity contribution in [3.8, 4) is 11.5 Å². The van der Waals surface area contributed by atoms with Crippen LogP contribution in [0.5, 0.6) is 11.5 Å². The number of furan rings is 1. The van der Waals surface area contributed by atoms with Crippen LogP contribution < -0.4 is 15.2 Å². The molecular formula is C16H19NO3S. The molecule has 0 bridgehead atoms. The van der Waals surface area contributed by atoms with Gasteiger partial charge in [0.2, 0.25) is 0 Å².